The second kappa shape index (κ2) is 5.54. The number of carbonyl (C=O) groups is 1. The molecule has 4 N–H and O–H groups in total. The number of likely N-dealkylation sites (N-methyl/N-ethyl adjacent to an activating group) is 1. The smallest absolute Gasteiger partial charge is 0.250 e. The van der Waals surface area contributed by atoms with E-state index < -0.39 is 5.91 Å². The van der Waals surface area contributed by atoms with Gasteiger partial charge in [-0.15, -0.1) is 0 Å². The molecule has 1 aromatic carbocycles. The molecule has 0 aromatic heterocycles. The third-order valence-electron chi connectivity index (χ3n) is 2.75. The molecule has 1 unspecified atom stereocenters. The number of para-hydroxylation sites is 1. The van der Waals surface area contributed by atoms with Gasteiger partial charge in [-0.1, -0.05) is 6.07 Å². The number of nitrogen functional groups attached to an aromatic ring is 1. The number of primary amides is 1. The number of hydrogen-bond donors (Lipinski definition) is 2. The predicted octanol–water partition coefficient (Wildman–Crippen LogP) is 0.839. The molecular formula is C12H19N3O2. The molecule has 1 rings (SSSR count). The van der Waals surface area contributed by atoms with Crippen molar-refractivity contribution < 1.29 is 9.53 Å². The van der Waals surface area contributed by atoms with Gasteiger partial charge in [0.1, 0.15) is 0 Å². The van der Waals surface area contributed by atoms with Crippen LogP contribution in [0.15, 0.2) is 18.2 Å². The number of benzene rings is 1. The molecule has 0 radical (unpaired) electrons. The number of rotatable bonds is 5. The summed E-state index contributed by atoms with van der Waals surface area (Å²) in [6.45, 7) is 2.53. The molecule has 0 fully saturated rings. The third-order valence-corrected chi connectivity index (χ3v) is 2.75. The summed E-state index contributed by atoms with van der Waals surface area (Å²) in [6, 6.07) is 5.23. The first-order chi connectivity index (χ1) is 7.99. The standard InChI is InChI=1S/C12H19N3O2/c1-8(7-17-3)15(2)11-9(12(14)16)5-4-6-10(11)13/h4-6,8H,7,13H2,1-3H3,(H2,14,16). The van der Waals surface area contributed by atoms with E-state index in [0.29, 0.717) is 23.5 Å². The van der Waals surface area contributed by atoms with Crippen molar-refractivity contribution in [1.29, 1.82) is 0 Å². The van der Waals surface area contributed by atoms with Crippen molar-refractivity contribution in [1.82, 2.24) is 0 Å². The van der Waals surface area contributed by atoms with Gasteiger partial charge in [0.05, 0.1) is 23.5 Å². The number of methoxy groups -OCH3 is 1. The number of hydrogen-bond acceptors (Lipinski definition) is 4. The predicted molar refractivity (Wildman–Crippen MR) is 69.1 cm³/mol. The summed E-state index contributed by atoms with van der Waals surface area (Å²) in [5.74, 6) is -0.483. The molecule has 0 saturated carbocycles. The van der Waals surface area contributed by atoms with Gasteiger partial charge in [-0.2, -0.15) is 0 Å². The first kappa shape index (κ1) is 13.3. The maximum Gasteiger partial charge on any atom is 0.250 e. The molecule has 0 saturated heterocycles. The third kappa shape index (κ3) is 2.88. The van der Waals surface area contributed by atoms with Crippen molar-refractivity contribution in [2.24, 2.45) is 5.73 Å². The molecule has 0 spiro atoms. The number of amides is 1. The van der Waals surface area contributed by atoms with Crippen LogP contribution in [0.2, 0.25) is 0 Å². The van der Waals surface area contributed by atoms with Gasteiger partial charge in [0, 0.05) is 20.2 Å². The fraction of sp³-hybridized carbons (Fsp3) is 0.417. The van der Waals surface area contributed by atoms with Crippen LogP contribution in [0, 0.1) is 0 Å². The van der Waals surface area contributed by atoms with Crippen LogP contribution in [0.5, 0.6) is 0 Å². The van der Waals surface area contributed by atoms with Crippen molar-refractivity contribution >= 4 is 17.3 Å². The van der Waals surface area contributed by atoms with E-state index in [4.69, 9.17) is 16.2 Å². The number of anilines is 2. The first-order valence-corrected chi connectivity index (χ1v) is 5.39. The summed E-state index contributed by atoms with van der Waals surface area (Å²) >= 11 is 0. The topological polar surface area (TPSA) is 81.6 Å². The zero-order valence-corrected chi connectivity index (χ0v) is 10.4. The second-order valence-electron chi connectivity index (χ2n) is 4.02. The Morgan fingerprint density at radius 3 is 2.71 bits per heavy atom. The van der Waals surface area contributed by atoms with Crippen LogP contribution in [0.25, 0.3) is 0 Å². The summed E-state index contributed by atoms with van der Waals surface area (Å²) in [5, 5.41) is 0. The van der Waals surface area contributed by atoms with Crippen molar-refractivity contribution in [3.05, 3.63) is 23.8 Å². The molecule has 1 amide bonds. The Morgan fingerprint density at radius 1 is 1.53 bits per heavy atom. The van der Waals surface area contributed by atoms with Crippen molar-refractivity contribution in [2.45, 2.75) is 13.0 Å². The fourth-order valence-electron chi connectivity index (χ4n) is 1.73. The van der Waals surface area contributed by atoms with Crippen LogP contribution in [-0.4, -0.2) is 32.7 Å². The van der Waals surface area contributed by atoms with E-state index in [1.807, 2.05) is 18.9 Å². The van der Waals surface area contributed by atoms with Crippen LogP contribution in [-0.2, 0) is 4.74 Å². The Kier molecular flexibility index (Phi) is 4.34. The van der Waals surface area contributed by atoms with Crippen molar-refractivity contribution in [2.75, 3.05) is 31.4 Å². The summed E-state index contributed by atoms with van der Waals surface area (Å²) in [5.41, 5.74) is 12.9. The number of nitrogens with zero attached hydrogens (tertiary/aromatic N) is 1. The molecule has 5 heteroatoms. The van der Waals surface area contributed by atoms with Crippen LogP contribution in [0.4, 0.5) is 11.4 Å². The second-order valence-corrected chi connectivity index (χ2v) is 4.02. The molecule has 1 aromatic rings. The Morgan fingerprint density at radius 2 is 2.18 bits per heavy atom. The lowest BCUT2D eigenvalue weighted by molar-refractivity contribution is 0.100. The highest BCUT2D eigenvalue weighted by molar-refractivity contribution is 6.01. The van der Waals surface area contributed by atoms with Gasteiger partial charge in [0.2, 0.25) is 0 Å². The SMILES string of the molecule is COCC(C)N(C)c1c(N)cccc1C(N)=O. The fourth-order valence-corrected chi connectivity index (χ4v) is 1.73. The quantitative estimate of drug-likeness (QED) is 0.743. The molecule has 17 heavy (non-hydrogen) atoms. The van der Waals surface area contributed by atoms with E-state index >= 15 is 0 Å². The molecule has 5 nitrogen and oxygen atoms in total. The molecule has 0 heterocycles. The van der Waals surface area contributed by atoms with Gasteiger partial charge in [-0.3, -0.25) is 4.79 Å². The number of ether oxygens (including phenoxy) is 1. The lowest BCUT2D eigenvalue weighted by Crippen LogP contribution is -2.34. The molecule has 0 bridgehead atoms. The maximum atomic E-state index is 11.4. The summed E-state index contributed by atoms with van der Waals surface area (Å²) in [4.78, 5) is 13.3. The number of carbonyl (C=O) groups excluding carboxylic acids is 1. The van der Waals surface area contributed by atoms with E-state index in [1.165, 1.54) is 0 Å². The first-order valence-electron chi connectivity index (χ1n) is 5.39. The van der Waals surface area contributed by atoms with Gasteiger partial charge < -0.3 is 21.1 Å². The number of nitrogens with two attached hydrogens (primary N) is 2. The highest BCUT2D eigenvalue weighted by Gasteiger charge is 2.18. The minimum atomic E-state index is -0.483. The Labute approximate surface area is 101 Å². The summed E-state index contributed by atoms with van der Waals surface area (Å²) in [7, 11) is 3.50. The molecule has 94 valence electrons. The molecular weight excluding hydrogens is 218 g/mol. The highest BCUT2D eigenvalue weighted by Crippen LogP contribution is 2.28. The Bertz CT molecular complexity index is 407. The van der Waals surface area contributed by atoms with Crippen LogP contribution >= 0.6 is 0 Å². The van der Waals surface area contributed by atoms with E-state index in [1.54, 1.807) is 25.3 Å². The lowest BCUT2D eigenvalue weighted by Gasteiger charge is -2.29. The van der Waals surface area contributed by atoms with Crippen molar-refractivity contribution in [3.63, 3.8) is 0 Å². The lowest BCUT2D eigenvalue weighted by atomic mass is 10.1. The van der Waals surface area contributed by atoms with E-state index in [-0.39, 0.29) is 6.04 Å². The van der Waals surface area contributed by atoms with Gasteiger partial charge in [0.25, 0.3) is 5.91 Å². The Hall–Kier alpha value is -1.75. The van der Waals surface area contributed by atoms with Gasteiger partial charge in [-0.05, 0) is 19.1 Å². The van der Waals surface area contributed by atoms with E-state index in [9.17, 15) is 4.79 Å². The average molecular weight is 237 g/mol. The maximum absolute atomic E-state index is 11.4. The normalized spacial score (nSPS) is 12.2. The zero-order valence-electron chi connectivity index (χ0n) is 10.4. The summed E-state index contributed by atoms with van der Waals surface area (Å²) in [6.07, 6.45) is 0. The minimum Gasteiger partial charge on any atom is -0.397 e. The van der Waals surface area contributed by atoms with E-state index in [2.05, 4.69) is 0 Å². The Balaban J connectivity index is 3.15. The van der Waals surface area contributed by atoms with Gasteiger partial charge in [0.15, 0.2) is 0 Å². The monoisotopic (exact) mass is 237 g/mol. The largest absolute Gasteiger partial charge is 0.397 e. The minimum absolute atomic E-state index is 0.0998. The van der Waals surface area contributed by atoms with Crippen LogP contribution in [0.1, 0.15) is 17.3 Å². The van der Waals surface area contributed by atoms with Gasteiger partial charge in [-0.25, -0.2) is 0 Å². The van der Waals surface area contributed by atoms with Gasteiger partial charge >= 0.3 is 0 Å². The van der Waals surface area contributed by atoms with E-state index in [0.717, 1.165) is 0 Å². The summed E-state index contributed by atoms with van der Waals surface area (Å²) < 4.78 is 5.09. The average Bonchev–Trinajstić information content (AvgIpc) is 2.28. The van der Waals surface area contributed by atoms with Crippen LogP contribution < -0.4 is 16.4 Å². The molecule has 0 aliphatic carbocycles. The van der Waals surface area contributed by atoms with Crippen LogP contribution in [0.3, 0.4) is 0 Å². The molecule has 1 atom stereocenters. The molecule has 0 aliphatic rings. The zero-order chi connectivity index (χ0) is 13.0. The molecule has 0 aliphatic heterocycles. The van der Waals surface area contributed by atoms with Crippen molar-refractivity contribution in [3.8, 4) is 0 Å². The highest BCUT2D eigenvalue weighted by atomic mass is 16.5.